The first-order chi connectivity index (χ1) is 16.3. The molecule has 34 heavy (non-hydrogen) atoms. The second-order valence-electron chi connectivity index (χ2n) is 7.70. The molecule has 0 bridgehead atoms. The number of alkyl halides is 2. The van der Waals surface area contributed by atoms with Gasteiger partial charge in [0.05, 0.1) is 12.2 Å². The van der Waals surface area contributed by atoms with Crippen molar-refractivity contribution in [3.8, 4) is 16.9 Å². The highest BCUT2D eigenvalue weighted by molar-refractivity contribution is 5.98. The fourth-order valence-corrected chi connectivity index (χ4v) is 3.85. The lowest BCUT2D eigenvalue weighted by atomic mass is 10.0. The summed E-state index contributed by atoms with van der Waals surface area (Å²) in [4.78, 5) is 37.2. The minimum Gasteiger partial charge on any atom is -0.435 e. The molecule has 3 aromatic rings. The molecule has 1 aromatic heterocycles. The van der Waals surface area contributed by atoms with Crippen LogP contribution in [0, 0.1) is 0 Å². The van der Waals surface area contributed by atoms with Gasteiger partial charge in [0.25, 0.3) is 5.91 Å². The lowest BCUT2D eigenvalue weighted by Gasteiger charge is -2.25. The van der Waals surface area contributed by atoms with E-state index in [1.165, 1.54) is 17.0 Å². The third kappa shape index (κ3) is 5.03. The Bertz CT molecular complexity index is 1210. The fourth-order valence-electron chi connectivity index (χ4n) is 3.85. The fraction of sp³-hybridized carbons (Fsp3) is 0.217. The summed E-state index contributed by atoms with van der Waals surface area (Å²) in [5, 5.41) is 8.88. The molecule has 1 aliphatic rings. The van der Waals surface area contributed by atoms with Crippen LogP contribution < -0.4 is 15.4 Å². The Balaban J connectivity index is 1.55. The summed E-state index contributed by atoms with van der Waals surface area (Å²) in [6, 6.07) is 10.2. The lowest BCUT2D eigenvalue weighted by Crippen LogP contribution is -2.42. The van der Waals surface area contributed by atoms with E-state index >= 15 is 0 Å². The predicted octanol–water partition coefficient (Wildman–Crippen LogP) is 2.84. The Morgan fingerprint density at radius 2 is 1.97 bits per heavy atom. The van der Waals surface area contributed by atoms with Gasteiger partial charge in [-0.25, -0.2) is 4.79 Å². The zero-order chi connectivity index (χ0) is 24.2. The van der Waals surface area contributed by atoms with Crippen molar-refractivity contribution in [3.05, 3.63) is 71.5 Å². The molecule has 176 valence electrons. The van der Waals surface area contributed by atoms with Gasteiger partial charge < -0.3 is 15.0 Å². The van der Waals surface area contributed by atoms with Gasteiger partial charge in [-0.15, -0.1) is 0 Å². The summed E-state index contributed by atoms with van der Waals surface area (Å²) in [6.45, 7) is -2.66. The molecule has 0 saturated heterocycles. The van der Waals surface area contributed by atoms with Crippen LogP contribution in [0.5, 0.6) is 5.75 Å². The normalized spacial score (nSPS) is 13.5. The van der Waals surface area contributed by atoms with Crippen LogP contribution in [-0.2, 0) is 18.4 Å². The molecule has 2 N–H and O–H groups in total. The van der Waals surface area contributed by atoms with E-state index in [2.05, 4.69) is 15.2 Å². The average molecular weight is 469 g/mol. The molecule has 1 aliphatic heterocycles. The highest BCUT2D eigenvalue weighted by Crippen LogP contribution is 2.30. The van der Waals surface area contributed by atoms with Gasteiger partial charge in [-0.05, 0) is 28.8 Å². The highest BCUT2D eigenvalue weighted by atomic mass is 19.3. The summed E-state index contributed by atoms with van der Waals surface area (Å²) < 4.78 is 31.2. The monoisotopic (exact) mass is 469 g/mol. The van der Waals surface area contributed by atoms with Crippen LogP contribution in [0.2, 0.25) is 0 Å². The number of carbonyl (C=O) groups excluding carboxylic acids is 3. The van der Waals surface area contributed by atoms with E-state index < -0.39 is 18.7 Å². The number of nitrogens with zero attached hydrogens (tertiary/aromatic N) is 3. The Kier molecular flexibility index (Phi) is 6.53. The Morgan fingerprint density at radius 1 is 1.21 bits per heavy atom. The van der Waals surface area contributed by atoms with E-state index in [1.807, 2.05) is 42.8 Å². The molecule has 11 heteroatoms. The number of nitrogens with one attached hydrogen (secondary N) is 2. The first-order valence-corrected chi connectivity index (χ1v) is 10.3. The maximum Gasteiger partial charge on any atom is 0.387 e. The zero-order valence-corrected chi connectivity index (χ0v) is 18.1. The molecule has 0 aliphatic carbocycles. The van der Waals surface area contributed by atoms with Crippen LogP contribution in [-0.4, -0.2) is 46.2 Å². The molecule has 2 aromatic carbocycles. The molecule has 9 nitrogen and oxygen atoms in total. The summed E-state index contributed by atoms with van der Waals surface area (Å²) in [7, 11) is 1.82. The van der Waals surface area contributed by atoms with Crippen molar-refractivity contribution >= 4 is 18.3 Å². The van der Waals surface area contributed by atoms with Crippen molar-refractivity contribution in [2.24, 2.45) is 7.05 Å². The van der Waals surface area contributed by atoms with Crippen LogP contribution in [0.1, 0.15) is 27.5 Å². The highest BCUT2D eigenvalue weighted by Gasteiger charge is 2.31. The number of aryl methyl sites for hydroxylation is 1. The number of aromatic nitrogens is 2. The lowest BCUT2D eigenvalue weighted by molar-refractivity contribution is -0.108. The number of benzene rings is 2. The van der Waals surface area contributed by atoms with E-state index in [0.717, 1.165) is 11.1 Å². The van der Waals surface area contributed by atoms with Crippen LogP contribution >= 0.6 is 0 Å². The zero-order valence-electron chi connectivity index (χ0n) is 18.1. The van der Waals surface area contributed by atoms with Gasteiger partial charge in [0.1, 0.15) is 5.75 Å². The van der Waals surface area contributed by atoms with Gasteiger partial charge in [-0.3, -0.25) is 19.6 Å². The second-order valence-corrected chi connectivity index (χ2v) is 7.70. The quantitative estimate of drug-likeness (QED) is 0.494. The van der Waals surface area contributed by atoms with E-state index in [9.17, 15) is 23.2 Å². The van der Waals surface area contributed by atoms with Crippen molar-refractivity contribution < 1.29 is 27.9 Å². The van der Waals surface area contributed by atoms with Gasteiger partial charge in [-0.2, -0.15) is 13.9 Å². The topological polar surface area (TPSA) is 106 Å². The number of fused-ring (bicyclic) bond motifs is 1. The first-order valence-electron chi connectivity index (χ1n) is 10.3. The summed E-state index contributed by atoms with van der Waals surface area (Å²) in [5.41, 5.74) is 3.48. The number of imide groups is 1. The molecular weight excluding hydrogens is 448 g/mol. The van der Waals surface area contributed by atoms with Crippen LogP contribution in [0.3, 0.4) is 0 Å². The van der Waals surface area contributed by atoms with E-state index in [0.29, 0.717) is 11.1 Å². The van der Waals surface area contributed by atoms with Gasteiger partial charge in [0.15, 0.2) is 0 Å². The minimum atomic E-state index is -3.00. The number of carbonyl (C=O) groups is 3. The first kappa shape index (κ1) is 22.9. The van der Waals surface area contributed by atoms with Gasteiger partial charge >= 0.3 is 12.6 Å². The van der Waals surface area contributed by atoms with E-state index in [1.54, 1.807) is 16.9 Å². The predicted molar refractivity (Wildman–Crippen MR) is 117 cm³/mol. The van der Waals surface area contributed by atoms with Crippen molar-refractivity contribution in [1.82, 2.24) is 25.3 Å². The van der Waals surface area contributed by atoms with Gasteiger partial charge in [0, 0.05) is 37.5 Å². The molecule has 0 radical (unpaired) electrons. The van der Waals surface area contributed by atoms with Crippen LogP contribution in [0.25, 0.3) is 11.1 Å². The number of halogens is 2. The molecular formula is C23H21F2N5O4. The maximum absolute atomic E-state index is 12.9. The van der Waals surface area contributed by atoms with Crippen molar-refractivity contribution in [3.63, 3.8) is 0 Å². The molecule has 0 fully saturated rings. The van der Waals surface area contributed by atoms with Crippen molar-refractivity contribution in [2.75, 3.05) is 6.54 Å². The van der Waals surface area contributed by atoms with E-state index in [-0.39, 0.29) is 36.7 Å². The number of amides is 4. The minimum absolute atomic E-state index is 0.0943. The van der Waals surface area contributed by atoms with Crippen molar-refractivity contribution in [1.29, 1.82) is 0 Å². The summed E-state index contributed by atoms with van der Waals surface area (Å²) in [5.74, 6) is -0.473. The SMILES string of the molecule is Cn1cc(-c2ccc([C@H](CN3Cc4ccc(OC(F)F)cc4C3=O)NC(=O)NC=O)cc2)cn1. The van der Waals surface area contributed by atoms with Gasteiger partial charge in [-0.1, -0.05) is 30.3 Å². The number of hydrogen-bond acceptors (Lipinski definition) is 5. The standard InChI is InChI=1S/C23H21F2N5O4/c1-29-10-17(9-27-29)14-2-4-15(5-3-14)20(28-23(33)26-13-31)12-30-11-16-6-7-18(34-22(24)25)8-19(16)21(30)32/h2-10,13,20,22H,11-12H2,1H3,(H2,26,28,31,33)/t20-/m0/s1. The van der Waals surface area contributed by atoms with Crippen molar-refractivity contribution in [2.45, 2.75) is 19.2 Å². The molecule has 0 spiro atoms. The second kappa shape index (κ2) is 9.69. The van der Waals surface area contributed by atoms with Gasteiger partial charge in [0.2, 0.25) is 6.41 Å². The van der Waals surface area contributed by atoms with Crippen LogP contribution in [0.15, 0.2) is 54.9 Å². The molecule has 0 unspecified atom stereocenters. The third-order valence-corrected chi connectivity index (χ3v) is 5.43. The van der Waals surface area contributed by atoms with E-state index in [4.69, 9.17) is 0 Å². The maximum atomic E-state index is 12.9. The summed E-state index contributed by atoms with van der Waals surface area (Å²) in [6.07, 6.45) is 3.86. The number of ether oxygens (including phenoxy) is 1. The number of hydrogen-bond donors (Lipinski definition) is 2. The third-order valence-electron chi connectivity index (χ3n) is 5.43. The molecule has 2 heterocycles. The summed E-state index contributed by atoms with van der Waals surface area (Å²) >= 11 is 0. The number of urea groups is 1. The molecule has 4 rings (SSSR count). The number of rotatable bonds is 8. The largest absolute Gasteiger partial charge is 0.435 e. The van der Waals surface area contributed by atoms with Crippen LogP contribution in [0.4, 0.5) is 13.6 Å². The smallest absolute Gasteiger partial charge is 0.387 e. The Hall–Kier alpha value is -4.28. The Labute approximate surface area is 193 Å². The average Bonchev–Trinajstić information content (AvgIpc) is 3.37. The molecule has 4 amide bonds. The molecule has 1 atom stereocenters. The molecule has 0 saturated carbocycles. The Morgan fingerprint density at radius 3 is 2.62 bits per heavy atom.